The molecule has 1 saturated heterocycles. The van der Waals surface area contributed by atoms with E-state index in [-0.39, 0.29) is 0 Å². The van der Waals surface area contributed by atoms with Crippen LogP contribution in [0, 0.1) is 0 Å². The molecular formula is C14H25NO. The molecule has 0 atom stereocenters. The van der Waals surface area contributed by atoms with Crippen molar-refractivity contribution < 1.29 is 4.74 Å². The van der Waals surface area contributed by atoms with Crippen molar-refractivity contribution in [1.82, 2.24) is 4.90 Å². The van der Waals surface area contributed by atoms with Gasteiger partial charge in [0.1, 0.15) is 0 Å². The van der Waals surface area contributed by atoms with Crippen LogP contribution in [0.5, 0.6) is 0 Å². The molecule has 0 radical (unpaired) electrons. The minimum absolute atomic E-state index is 0.894. The lowest BCUT2D eigenvalue weighted by molar-refractivity contribution is 0.0433. The Morgan fingerprint density at radius 1 is 1.12 bits per heavy atom. The predicted octanol–water partition coefficient (Wildman–Crippen LogP) is 3.01. The third-order valence-electron chi connectivity index (χ3n) is 2.89. The van der Waals surface area contributed by atoms with Crippen LogP contribution in [0.25, 0.3) is 0 Å². The maximum absolute atomic E-state index is 5.33. The number of ether oxygens (including phenoxy) is 1. The number of hydrogen-bond acceptors (Lipinski definition) is 2. The lowest BCUT2D eigenvalue weighted by atomic mass is 10.1. The van der Waals surface area contributed by atoms with Gasteiger partial charge in [0.2, 0.25) is 0 Å². The highest BCUT2D eigenvalue weighted by Gasteiger charge is 2.07. The van der Waals surface area contributed by atoms with Crippen LogP contribution >= 0.6 is 0 Å². The Morgan fingerprint density at radius 2 is 1.81 bits per heavy atom. The van der Waals surface area contributed by atoms with Gasteiger partial charge in [0.05, 0.1) is 13.2 Å². The molecule has 0 aromatic rings. The van der Waals surface area contributed by atoms with E-state index in [4.69, 9.17) is 4.74 Å². The second kappa shape index (κ2) is 7.64. The Balaban J connectivity index is 2.19. The van der Waals surface area contributed by atoms with E-state index >= 15 is 0 Å². The summed E-state index contributed by atoms with van der Waals surface area (Å²) < 4.78 is 5.33. The first-order valence-electron chi connectivity index (χ1n) is 6.27. The average Bonchev–Trinajstić information content (AvgIpc) is 2.27. The first kappa shape index (κ1) is 13.5. The van der Waals surface area contributed by atoms with Crippen LogP contribution in [0.15, 0.2) is 23.3 Å². The monoisotopic (exact) mass is 223 g/mol. The van der Waals surface area contributed by atoms with Gasteiger partial charge in [0, 0.05) is 19.6 Å². The fourth-order valence-corrected chi connectivity index (χ4v) is 1.76. The van der Waals surface area contributed by atoms with Crippen molar-refractivity contribution in [3.8, 4) is 0 Å². The first-order valence-corrected chi connectivity index (χ1v) is 6.27. The molecule has 1 rings (SSSR count). The van der Waals surface area contributed by atoms with Gasteiger partial charge in [-0.05, 0) is 33.6 Å². The van der Waals surface area contributed by atoms with Crippen LogP contribution in [-0.4, -0.2) is 37.7 Å². The molecule has 0 aliphatic carbocycles. The zero-order chi connectivity index (χ0) is 11.8. The van der Waals surface area contributed by atoms with E-state index in [0.717, 1.165) is 32.8 Å². The summed E-state index contributed by atoms with van der Waals surface area (Å²) in [4.78, 5) is 2.45. The fraction of sp³-hybridized carbons (Fsp3) is 0.714. The highest BCUT2D eigenvalue weighted by atomic mass is 16.5. The molecule has 1 fully saturated rings. The summed E-state index contributed by atoms with van der Waals surface area (Å²) in [5.41, 5.74) is 2.92. The molecule has 0 unspecified atom stereocenters. The van der Waals surface area contributed by atoms with Gasteiger partial charge >= 0.3 is 0 Å². The summed E-state index contributed by atoms with van der Waals surface area (Å²) in [6.45, 7) is 11.6. The van der Waals surface area contributed by atoms with Crippen LogP contribution in [0.2, 0.25) is 0 Å². The van der Waals surface area contributed by atoms with Gasteiger partial charge in [-0.25, -0.2) is 0 Å². The zero-order valence-corrected chi connectivity index (χ0v) is 11.0. The Hall–Kier alpha value is -0.600. The van der Waals surface area contributed by atoms with E-state index in [0.29, 0.717) is 0 Å². The second-order valence-corrected chi connectivity index (χ2v) is 4.78. The molecule has 1 aliphatic rings. The molecule has 0 spiro atoms. The van der Waals surface area contributed by atoms with Crippen molar-refractivity contribution in [2.45, 2.75) is 33.6 Å². The van der Waals surface area contributed by atoms with Crippen LogP contribution < -0.4 is 0 Å². The van der Waals surface area contributed by atoms with E-state index in [2.05, 4.69) is 37.8 Å². The molecule has 92 valence electrons. The van der Waals surface area contributed by atoms with Crippen molar-refractivity contribution >= 4 is 0 Å². The minimum Gasteiger partial charge on any atom is -0.379 e. The molecule has 0 amide bonds. The van der Waals surface area contributed by atoms with Crippen molar-refractivity contribution in [2.24, 2.45) is 0 Å². The summed E-state index contributed by atoms with van der Waals surface area (Å²) in [7, 11) is 0. The fourth-order valence-electron chi connectivity index (χ4n) is 1.76. The standard InChI is InChI=1S/C14H25NO/c1-13(2)5-4-6-14(3)7-8-15-9-11-16-12-10-15/h5,7H,4,6,8-12H2,1-3H3/b14-7+. The van der Waals surface area contributed by atoms with Gasteiger partial charge in [0.25, 0.3) is 0 Å². The molecule has 0 bridgehead atoms. The highest BCUT2D eigenvalue weighted by molar-refractivity contribution is 5.03. The molecule has 2 nitrogen and oxygen atoms in total. The molecule has 0 N–H and O–H groups in total. The van der Waals surface area contributed by atoms with Gasteiger partial charge in [-0.2, -0.15) is 0 Å². The summed E-state index contributed by atoms with van der Waals surface area (Å²) in [6, 6.07) is 0. The maximum atomic E-state index is 5.33. The maximum Gasteiger partial charge on any atom is 0.0594 e. The first-order chi connectivity index (χ1) is 7.68. The highest BCUT2D eigenvalue weighted by Crippen LogP contribution is 2.07. The number of hydrogen-bond donors (Lipinski definition) is 0. The molecule has 16 heavy (non-hydrogen) atoms. The molecule has 2 heteroatoms. The van der Waals surface area contributed by atoms with Gasteiger partial charge in [-0.15, -0.1) is 0 Å². The minimum atomic E-state index is 0.894. The average molecular weight is 223 g/mol. The summed E-state index contributed by atoms with van der Waals surface area (Å²) in [5.74, 6) is 0. The van der Waals surface area contributed by atoms with Gasteiger partial charge in [0.15, 0.2) is 0 Å². The Bertz CT molecular complexity index is 245. The smallest absolute Gasteiger partial charge is 0.0594 e. The molecule has 0 aromatic carbocycles. The molecule has 0 aromatic heterocycles. The number of rotatable bonds is 5. The summed E-state index contributed by atoms with van der Waals surface area (Å²) in [5, 5.41) is 0. The van der Waals surface area contributed by atoms with Crippen molar-refractivity contribution in [1.29, 1.82) is 0 Å². The van der Waals surface area contributed by atoms with E-state index in [1.165, 1.54) is 24.0 Å². The topological polar surface area (TPSA) is 12.5 Å². The van der Waals surface area contributed by atoms with Crippen LogP contribution in [0.4, 0.5) is 0 Å². The van der Waals surface area contributed by atoms with E-state index in [1.807, 2.05) is 0 Å². The van der Waals surface area contributed by atoms with Crippen LogP contribution in [0.1, 0.15) is 33.6 Å². The van der Waals surface area contributed by atoms with E-state index < -0.39 is 0 Å². The molecular weight excluding hydrogens is 198 g/mol. The van der Waals surface area contributed by atoms with Gasteiger partial charge in [-0.1, -0.05) is 23.3 Å². The number of nitrogens with zero attached hydrogens (tertiary/aromatic N) is 1. The van der Waals surface area contributed by atoms with Crippen molar-refractivity contribution in [2.75, 3.05) is 32.8 Å². The molecule has 1 aliphatic heterocycles. The van der Waals surface area contributed by atoms with Gasteiger partial charge < -0.3 is 4.74 Å². The Kier molecular flexibility index (Phi) is 6.43. The quantitative estimate of drug-likeness (QED) is 0.664. The largest absolute Gasteiger partial charge is 0.379 e. The molecule has 1 heterocycles. The summed E-state index contributed by atoms with van der Waals surface area (Å²) in [6.07, 6.45) is 7.04. The van der Waals surface area contributed by atoms with Crippen LogP contribution in [-0.2, 0) is 4.74 Å². The number of allylic oxidation sites excluding steroid dienone is 3. The van der Waals surface area contributed by atoms with Crippen molar-refractivity contribution in [3.05, 3.63) is 23.3 Å². The summed E-state index contributed by atoms with van der Waals surface area (Å²) >= 11 is 0. The zero-order valence-electron chi connectivity index (χ0n) is 11.0. The number of morpholine rings is 1. The third kappa shape index (κ3) is 6.09. The van der Waals surface area contributed by atoms with E-state index in [1.54, 1.807) is 0 Å². The second-order valence-electron chi connectivity index (χ2n) is 4.78. The van der Waals surface area contributed by atoms with Gasteiger partial charge in [-0.3, -0.25) is 4.90 Å². The normalized spacial score (nSPS) is 18.6. The predicted molar refractivity (Wildman–Crippen MR) is 69.7 cm³/mol. The van der Waals surface area contributed by atoms with E-state index in [9.17, 15) is 0 Å². The van der Waals surface area contributed by atoms with Crippen molar-refractivity contribution in [3.63, 3.8) is 0 Å². The molecule has 0 saturated carbocycles. The lowest BCUT2D eigenvalue weighted by Gasteiger charge is -2.25. The van der Waals surface area contributed by atoms with Crippen LogP contribution in [0.3, 0.4) is 0 Å². The lowest BCUT2D eigenvalue weighted by Crippen LogP contribution is -2.36. The third-order valence-corrected chi connectivity index (χ3v) is 2.89. The SMILES string of the molecule is CC(C)=CCC/C(C)=C/CN1CCOCC1. The Labute approximate surface area is 100.0 Å². The Morgan fingerprint density at radius 3 is 2.44 bits per heavy atom.